The van der Waals surface area contributed by atoms with E-state index in [-0.39, 0.29) is 11.0 Å². The molecule has 0 radical (unpaired) electrons. The lowest BCUT2D eigenvalue weighted by Gasteiger charge is -2.08. The van der Waals surface area contributed by atoms with E-state index in [9.17, 15) is 4.79 Å². The maximum Gasteiger partial charge on any atom is 0.192 e. The topological polar surface area (TPSA) is 29.4 Å². The van der Waals surface area contributed by atoms with Gasteiger partial charge in [0.1, 0.15) is 0 Å². The summed E-state index contributed by atoms with van der Waals surface area (Å²) in [7, 11) is 0. The molecule has 56 valence electrons. The van der Waals surface area contributed by atoms with Crippen molar-refractivity contribution in [1.29, 1.82) is 0 Å². The first-order valence-corrected chi connectivity index (χ1v) is 4.21. The third-order valence-corrected chi connectivity index (χ3v) is 2.89. The zero-order valence-electron chi connectivity index (χ0n) is 6.42. The number of carbonyl (C=O) groups excluding carboxylic acids is 1. The zero-order chi connectivity index (χ0) is 7.72. The SMILES string of the molecule is CC1=NSC(C(C)C)C1=O. The lowest BCUT2D eigenvalue weighted by Crippen LogP contribution is -2.23. The molecular formula is C7H11NOS. The third kappa shape index (κ3) is 1.24. The molecule has 0 amide bonds. The van der Waals surface area contributed by atoms with Gasteiger partial charge in [0.05, 0.1) is 11.0 Å². The van der Waals surface area contributed by atoms with Crippen LogP contribution in [0.2, 0.25) is 0 Å². The van der Waals surface area contributed by atoms with Crippen LogP contribution >= 0.6 is 11.9 Å². The van der Waals surface area contributed by atoms with Crippen molar-refractivity contribution < 1.29 is 4.79 Å². The molecule has 10 heavy (non-hydrogen) atoms. The lowest BCUT2D eigenvalue weighted by molar-refractivity contribution is -0.112. The summed E-state index contributed by atoms with van der Waals surface area (Å²) in [6, 6.07) is 0. The van der Waals surface area contributed by atoms with E-state index in [0.29, 0.717) is 11.6 Å². The van der Waals surface area contributed by atoms with Gasteiger partial charge in [0.25, 0.3) is 0 Å². The van der Waals surface area contributed by atoms with Crippen LogP contribution in [0.25, 0.3) is 0 Å². The Morgan fingerprint density at radius 1 is 1.60 bits per heavy atom. The Kier molecular flexibility index (Phi) is 2.14. The summed E-state index contributed by atoms with van der Waals surface area (Å²) in [5, 5.41) is 0.0833. The first-order chi connectivity index (χ1) is 4.63. The Balaban J connectivity index is 2.65. The Morgan fingerprint density at radius 2 is 2.20 bits per heavy atom. The normalized spacial score (nSPS) is 25.8. The van der Waals surface area contributed by atoms with E-state index < -0.39 is 0 Å². The molecule has 0 N–H and O–H groups in total. The van der Waals surface area contributed by atoms with Gasteiger partial charge < -0.3 is 0 Å². The van der Waals surface area contributed by atoms with E-state index in [0.717, 1.165) is 0 Å². The highest BCUT2D eigenvalue weighted by Crippen LogP contribution is 2.27. The number of carbonyl (C=O) groups is 1. The van der Waals surface area contributed by atoms with E-state index >= 15 is 0 Å². The van der Waals surface area contributed by atoms with Gasteiger partial charge in [-0.05, 0) is 24.8 Å². The van der Waals surface area contributed by atoms with Gasteiger partial charge in [0.15, 0.2) is 5.78 Å². The molecule has 0 spiro atoms. The Bertz CT molecular complexity index is 186. The molecular weight excluding hydrogens is 146 g/mol. The molecule has 0 aromatic rings. The van der Waals surface area contributed by atoms with Crippen molar-refractivity contribution in [1.82, 2.24) is 0 Å². The molecule has 0 aromatic carbocycles. The summed E-state index contributed by atoms with van der Waals surface area (Å²) in [6.45, 7) is 5.87. The number of nitrogens with zero attached hydrogens (tertiary/aromatic N) is 1. The van der Waals surface area contributed by atoms with Gasteiger partial charge in [-0.25, -0.2) is 4.40 Å². The fraction of sp³-hybridized carbons (Fsp3) is 0.714. The summed E-state index contributed by atoms with van der Waals surface area (Å²) < 4.78 is 4.00. The summed E-state index contributed by atoms with van der Waals surface area (Å²) in [6.07, 6.45) is 0. The van der Waals surface area contributed by atoms with Crippen molar-refractivity contribution in [2.75, 3.05) is 0 Å². The number of Topliss-reactive ketones (excluding diaryl/α,β-unsaturated/α-hetero) is 1. The fourth-order valence-corrected chi connectivity index (χ4v) is 1.73. The van der Waals surface area contributed by atoms with E-state index in [4.69, 9.17) is 0 Å². The first-order valence-electron chi connectivity index (χ1n) is 3.37. The van der Waals surface area contributed by atoms with Crippen LogP contribution in [0, 0.1) is 5.92 Å². The maximum atomic E-state index is 11.2. The smallest absolute Gasteiger partial charge is 0.192 e. The number of rotatable bonds is 1. The van der Waals surface area contributed by atoms with Gasteiger partial charge in [-0.15, -0.1) is 0 Å². The van der Waals surface area contributed by atoms with Crippen LogP contribution in [0.4, 0.5) is 0 Å². The van der Waals surface area contributed by atoms with E-state index in [1.807, 2.05) is 13.8 Å². The van der Waals surface area contributed by atoms with Gasteiger partial charge >= 0.3 is 0 Å². The Morgan fingerprint density at radius 3 is 2.40 bits per heavy atom. The molecule has 3 heteroatoms. The Labute approximate surface area is 65.2 Å². The molecule has 0 aliphatic carbocycles. The van der Waals surface area contributed by atoms with Crippen molar-refractivity contribution in [3.63, 3.8) is 0 Å². The van der Waals surface area contributed by atoms with Crippen molar-refractivity contribution in [3.05, 3.63) is 0 Å². The van der Waals surface area contributed by atoms with Gasteiger partial charge in [0, 0.05) is 0 Å². The molecule has 1 aliphatic rings. The van der Waals surface area contributed by atoms with E-state index in [2.05, 4.69) is 4.40 Å². The molecule has 1 unspecified atom stereocenters. The van der Waals surface area contributed by atoms with E-state index in [1.165, 1.54) is 11.9 Å². The predicted molar refractivity (Wildman–Crippen MR) is 44.3 cm³/mol. The maximum absolute atomic E-state index is 11.2. The second kappa shape index (κ2) is 2.74. The Hall–Kier alpha value is -0.310. The van der Waals surface area contributed by atoms with E-state index in [1.54, 1.807) is 6.92 Å². The van der Waals surface area contributed by atoms with Crippen LogP contribution in [0.3, 0.4) is 0 Å². The summed E-state index contributed by atoms with van der Waals surface area (Å²) in [5.74, 6) is 0.610. The minimum absolute atomic E-state index is 0.0833. The average molecular weight is 157 g/mol. The molecule has 1 atom stereocenters. The van der Waals surface area contributed by atoms with Gasteiger partial charge in [-0.2, -0.15) is 0 Å². The van der Waals surface area contributed by atoms with Crippen LogP contribution in [-0.4, -0.2) is 16.7 Å². The molecule has 0 saturated heterocycles. The van der Waals surface area contributed by atoms with Gasteiger partial charge in [-0.3, -0.25) is 4.79 Å². The molecule has 2 nitrogen and oxygen atoms in total. The van der Waals surface area contributed by atoms with Gasteiger partial charge in [0.2, 0.25) is 0 Å². The molecule has 1 aliphatic heterocycles. The van der Waals surface area contributed by atoms with Crippen LogP contribution in [-0.2, 0) is 4.79 Å². The largest absolute Gasteiger partial charge is 0.291 e. The minimum atomic E-state index is 0.0833. The highest BCUT2D eigenvalue weighted by atomic mass is 32.2. The summed E-state index contributed by atoms with van der Waals surface area (Å²) >= 11 is 1.41. The van der Waals surface area contributed by atoms with Crippen LogP contribution in [0.15, 0.2) is 4.40 Å². The first kappa shape index (κ1) is 7.79. The van der Waals surface area contributed by atoms with Crippen LogP contribution in [0.5, 0.6) is 0 Å². The molecule has 0 saturated carbocycles. The van der Waals surface area contributed by atoms with Crippen LogP contribution in [0.1, 0.15) is 20.8 Å². The number of hydrogen-bond acceptors (Lipinski definition) is 3. The van der Waals surface area contributed by atoms with Crippen molar-refractivity contribution in [3.8, 4) is 0 Å². The molecule has 0 aromatic heterocycles. The standard InChI is InChI=1S/C7H11NOS/c1-4(2)7-6(9)5(3)8-10-7/h4,7H,1-3H3. The molecule has 1 heterocycles. The highest BCUT2D eigenvalue weighted by Gasteiger charge is 2.29. The average Bonchev–Trinajstić information content (AvgIpc) is 2.14. The van der Waals surface area contributed by atoms with Crippen molar-refractivity contribution in [2.45, 2.75) is 26.0 Å². The fourth-order valence-electron chi connectivity index (χ4n) is 0.859. The zero-order valence-corrected chi connectivity index (χ0v) is 7.23. The second-order valence-corrected chi connectivity index (χ2v) is 3.71. The number of ketones is 1. The lowest BCUT2D eigenvalue weighted by atomic mass is 10.0. The summed E-state index contributed by atoms with van der Waals surface area (Å²) in [5.41, 5.74) is 0.670. The molecule has 0 fully saturated rings. The molecule has 0 bridgehead atoms. The third-order valence-electron chi connectivity index (χ3n) is 1.52. The number of hydrogen-bond donors (Lipinski definition) is 0. The predicted octanol–water partition coefficient (Wildman–Crippen LogP) is 1.70. The van der Waals surface area contributed by atoms with Crippen LogP contribution < -0.4 is 0 Å². The second-order valence-electron chi connectivity index (χ2n) is 2.81. The monoisotopic (exact) mass is 157 g/mol. The summed E-state index contributed by atoms with van der Waals surface area (Å²) in [4.78, 5) is 11.2. The van der Waals surface area contributed by atoms with Crippen molar-refractivity contribution in [2.24, 2.45) is 10.3 Å². The molecule has 1 rings (SSSR count). The van der Waals surface area contributed by atoms with Crippen molar-refractivity contribution >= 4 is 23.4 Å². The van der Waals surface area contributed by atoms with Gasteiger partial charge in [-0.1, -0.05) is 13.8 Å². The highest BCUT2D eigenvalue weighted by molar-refractivity contribution is 8.00. The quantitative estimate of drug-likeness (QED) is 0.542. The minimum Gasteiger partial charge on any atom is -0.291 e.